The predicted octanol–water partition coefficient (Wildman–Crippen LogP) is 2.06. The summed E-state index contributed by atoms with van der Waals surface area (Å²) < 4.78 is 5.68. The van der Waals surface area contributed by atoms with Crippen molar-refractivity contribution in [2.45, 2.75) is 45.1 Å². The van der Waals surface area contributed by atoms with E-state index in [1.807, 2.05) is 0 Å². The van der Waals surface area contributed by atoms with Crippen molar-refractivity contribution in [1.29, 1.82) is 0 Å². The van der Waals surface area contributed by atoms with Gasteiger partial charge in [0, 0.05) is 0 Å². The fraction of sp³-hybridized carbons (Fsp3) is 0.909. The summed E-state index contributed by atoms with van der Waals surface area (Å²) in [4.78, 5) is 10.8. The molecular formula is C11H18O3. The topological polar surface area (TPSA) is 46.5 Å². The quantitative estimate of drug-likeness (QED) is 0.738. The molecule has 0 aromatic carbocycles. The van der Waals surface area contributed by atoms with Gasteiger partial charge in [-0.15, -0.1) is 0 Å². The highest BCUT2D eigenvalue weighted by atomic mass is 16.5. The second-order valence-electron chi connectivity index (χ2n) is 4.87. The van der Waals surface area contributed by atoms with Gasteiger partial charge in [-0.2, -0.15) is 0 Å². The Labute approximate surface area is 84.4 Å². The van der Waals surface area contributed by atoms with E-state index in [4.69, 9.17) is 9.84 Å². The summed E-state index contributed by atoms with van der Waals surface area (Å²) in [5.74, 6) is -1.09. The van der Waals surface area contributed by atoms with Crippen LogP contribution in [0.25, 0.3) is 0 Å². The molecule has 0 radical (unpaired) electrons. The van der Waals surface area contributed by atoms with Gasteiger partial charge in [-0.3, -0.25) is 4.79 Å². The van der Waals surface area contributed by atoms with Crippen LogP contribution in [-0.2, 0) is 9.53 Å². The summed E-state index contributed by atoms with van der Waals surface area (Å²) in [5.41, 5.74) is 0.439. The second kappa shape index (κ2) is 3.54. The van der Waals surface area contributed by atoms with E-state index in [0.29, 0.717) is 5.41 Å². The molecule has 14 heavy (non-hydrogen) atoms. The Kier molecular flexibility index (Phi) is 2.52. The van der Waals surface area contributed by atoms with Crippen LogP contribution in [0.2, 0.25) is 0 Å². The third kappa shape index (κ3) is 1.65. The number of aliphatic carboxylic acids is 1. The second-order valence-corrected chi connectivity index (χ2v) is 4.87. The molecule has 1 N–H and O–H groups in total. The Morgan fingerprint density at radius 3 is 2.57 bits per heavy atom. The van der Waals surface area contributed by atoms with Crippen LogP contribution in [-0.4, -0.2) is 23.8 Å². The van der Waals surface area contributed by atoms with E-state index in [-0.39, 0.29) is 12.0 Å². The molecule has 1 aliphatic heterocycles. The molecule has 2 aliphatic rings. The molecule has 0 aromatic heterocycles. The van der Waals surface area contributed by atoms with E-state index < -0.39 is 5.97 Å². The molecule has 1 aliphatic carbocycles. The van der Waals surface area contributed by atoms with Crippen molar-refractivity contribution in [1.82, 2.24) is 0 Å². The van der Waals surface area contributed by atoms with Crippen LogP contribution < -0.4 is 0 Å². The lowest BCUT2D eigenvalue weighted by Gasteiger charge is -2.47. The molecule has 2 fully saturated rings. The lowest BCUT2D eigenvalue weighted by molar-refractivity contribution is -0.156. The minimum atomic E-state index is -0.737. The average Bonchev–Trinajstić information content (AvgIpc) is 2.14. The number of rotatable bonds is 2. The zero-order valence-corrected chi connectivity index (χ0v) is 8.66. The standard InChI is InChI=1S/C11H18O3/c1-8(10(12)13)9-3-6-11(7-14-9)4-2-5-11/h8-9H,2-7H2,1H3,(H,12,13)/t8-,9?/m1/s1. The maximum Gasteiger partial charge on any atom is 0.308 e. The number of ether oxygens (including phenoxy) is 1. The number of carboxylic acid groups (broad SMARTS) is 1. The molecule has 1 unspecified atom stereocenters. The summed E-state index contributed by atoms with van der Waals surface area (Å²) in [6, 6.07) is 0. The van der Waals surface area contributed by atoms with Gasteiger partial charge in [0.2, 0.25) is 0 Å². The van der Waals surface area contributed by atoms with Gasteiger partial charge in [0.1, 0.15) is 0 Å². The van der Waals surface area contributed by atoms with Gasteiger partial charge in [-0.1, -0.05) is 6.42 Å². The molecule has 3 nitrogen and oxygen atoms in total. The van der Waals surface area contributed by atoms with Gasteiger partial charge in [-0.05, 0) is 38.0 Å². The van der Waals surface area contributed by atoms with Crippen molar-refractivity contribution >= 4 is 5.97 Å². The van der Waals surface area contributed by atoms with Gasteiger partial charge in [0.05, 0.1) is 18.6 Å². The molecule has 1 saturated heterocycles. The molecule has 0 aromatic rings. The van der Waals surface area contributed by atoms with Crippen molar-refractivity contribution < 1.29 is 14.6 Å². The normalized spacial score (nSPS) is 32.2. The fourth-order valence-corrected chi connectivity index (χ4v) is 2.51. The summed E-state index contributed by atoms with van der Waals surface area (Å²) in [6.45, 7) is 2.53. The predicted molar refractivity (Wildman–Crippen MR) is 52.1 cm³/mol. The molecule has 0 bridgehead atoms. The van der Waals surface area contributed by atoms with E-state index >= 15 is 0 Å². The van der Waals surface area contributed by atoms with Crippen LogP contribution in [0.4, 0.5) is 0 Å². The fourth-order valence-electron chi connectivity index (χ4n) is 2.51. The van der Waals surface area contributed by atoms with Gasteiger partial charge >= 0.3 is 5.97 Å². The van der Waals surface area contributed by atoms with Crippen molar-refractivity contribution in [3.8, 4) is 0 Å². The van der Waals surface area contributed by atoms with Crippen molar-refractivity contribution in [2.75, 3.05) is 6.61 Å². The number of hydrogen-bond donors (Lipinski definition) is 1. The largest absolute Gasteiger partial charge is 0.481 e. The Bertz CT molecular complexity index is 223. The molecule has 1 saturated carbocycles. The average molecular weight is 198 g/mol. The van der Waals surface area contributed by atoms with Crippen LogP contribution in [0, 0.1) is 11.3 Å². The Hall–Kier alpha value is -0.570. The maximum atomic E-state index is 10.8. The summed E-state index contributed by atoms with van der Waals surface area (Å²) in [6.07, 6.45) is 5.91. The first-order chi connectivity index (χ1) is 6.63. The monoisotopic (exact) mass is 198 g/mol. The molecule has 2 rings (SSSR count). The molecule has 80 valence electrons. The van der Waals surface area contributed by atoms with Crippen molar-refractivity contribution in [2.24, 2.45) is 11.3 Å². The smallest absolute Gasteiger partial charge is 0.308 e. The SMILES string of the molecule is C[C@@H](C(=O)O)C1CCC2(CCC2)CO1. The first kappa shape index (κ1) is 9.97. The first-order valence-corrected chi connectivity index (χ1v) is 5.47. The highest BCUT2D eigenvalue weighted by Gasteiger charge is 2.42. The summed E-state index contributed by atoms with van der Waals surface area (Å²) >= 11 is 0. The number of carbonyl (C=O) groups is 1. The molecule has 0 amide bonds. The minimum Gasteiger partial charge on any atom is -0.481 e. The molecular weight excluding hydrogens is 180 g/mol. The van der Waals surface area contributed by atoms with Gasteiger partial charge in [0.15, 0.2) is 0 Å². The Morgan fingerprint density at radius 2 is 2.21 bits per heavy atom. The van der Waals surface area contributed by atoms with Crippen LogP contribution in [0.3, 0.4) is 0 Å². The maximum absolute atomic E-state index is 10.8. The van der Waals surface area contributed by atoms with E-state index in [9.17, 15) is 4.79 Å². The first-order valence-electron chi connectivity index (χ1n) is 5.47. The van der Waals surface area contributed by atoms with Gasteiger partial charge in [0.25, 0.3) is 0 Å². The van der Waals surface area contributed by atoms with Gasteiger partial charge < -0.3 is 9.84 Å². The Morgan fingerprint density at radius 1 is 1.50 bits per heavy atom. The lowest BCUT2D eigenvalue weighted by atomic mass is 9.65. The highest BCUT2D eigenvalue weighted by molar-refractivity contribution is 5.70. The number of carboxylic acids is 1. The minimum absolute atomic E-state index is 0.0567. The number of hydrogen-bond acceptors (Lipinski definition) is 2. The molecule has 1 heterocycles. The Balaban J connectivity index is 1.86. The van der Waals surface area contributed by atoms with E-state index in [1.165, 1.54) is 19.3 Å². The van der Waals surface area contributed by atoms with Crippen molar-refractivity contribution in [3.05, 3.63) is 0 Å². The van der Waals surface area contributed by atoms with E-state index in [0.717, 1.165) is 19.4 Å². The molecule has 3 heteroatoms. The van der Waals surface area contributed by atoms with Crippen LogP contribution in [0.15, 0.2) is 0 Å². The zero-order chi connectivity index (χ0) is 10.2. The van der Waals surface area contributed by atoms with Crippen molar-refractivity contribution in [3.63, 3.8) is 0 Å². The molecule has 2 atom stereocenters. The van der Waals surface area contributed by atoms with Gasteiger partial charge in [-0.25, -0.2) is 0 Å². The highest BCUT2D eigenvalue weighted by Crippen LogP contribution is 2.48. The van der Waals surface area contributed by atoms with E-state index in [2.05, 4.69) is 0 Å². The van der Waals surface area contributed by atoms with E-state index in [1.54, 1.807) is 6.92 Å². The third-order valence-corrected chi connectivity index (χ3v) is 3.92. The third-order valence-electron chi connectivity index (χ3n) is 3.92. The summed E-state index contributed by atoms with van der Waals surface area (Å²) in [7, 11) is 0. The summed E-state index contributed by atoms with van der Waals surface area (Å²) in [5, 5.41) is 8.86. The zero-order valence-electron chi connectivity index (χ0n) is 8.66. The molecule has 1 spiro atoms. The lowest BCUT2D eigenvalue weighted by Crippen LogP contribution is -2.43. The van der Waals surface area contributed by atoms with Crippen LogP contribution in [0.5, 0.6) is 0 Å². The van der Waals surface area contributed by atoms with Crippen LogP contribution >= 0.6 is 0 Å². The van der Waals surface area contributed by atoms with Crippen LogP contribution in [0.1, 0.15) is 39.0 Å².